The van der Waals surface area contributed by atoms with Gasteiger partial charge < -0.3 is 10.8 Å². The molecule has 0 aromatic carbocycles. The smallest absolute Gasteiger partial charge is 0.0434 e. The number of nitrogens with two attached hydrogens (primary N) is 1. The van der Waals surface area contributed by atoms with Crippen molar-refractivity contribution in [3.8, 4) is 0 Å². The second-order valence-electron chi connectivity index (χ2n) is 4.28. The Morgan fingerprint density at radius 2 is 2.09 bits per heavy atom. The van der Waals surface area contributed by atoms with Crippen molar-refractivity contribution in [3.05, 3.63) is 0 Å². The normalized spacial score (nSPS) is 21.8. The molecular formula is C9H19NO. The summed E-state index contributed by atoms with van der Waals surface area (Å²) < 4.78 is 0. The Hall–Kier alpha value is -0.0800. The number of aliphatic hydroxyl groups excluding tert-OH is 1. The minimum atomic E-state index is -0.107. The average Bonchev–Trinajstić information content (AvgIpc) is 2.61. The second kappa shape index (κ2) is 3.11. The Kier molecular flexibility index (Phi) is 2.55. The maximum Gasteiger partial charge on any atom is 0.0434 e. The van der Waals surface area contributed by atoms with Crippen molar-refractivity contribution in [1.82, 2.24) is 0 Å². The Morgan fingerprint density at radius 1 is 1.55 bits per heavy atom. The lowest BCUT2D eigenvalue weighted by molar-refractivity contribution is 0.195. The first kappa shape index (κ1) is 9.01. The predicted octanol–water partition coefficient (Wildman–Crippen LogP) is 1.13. The maximum absolute atomic E-state index is 8.82. The third-order valence-corrected chi connectivity index (χ3v) is 2.59. The van der Waals surface area contributed by atoms with Gasteiger partial charge in [-0.2, -0.15) is 0 Å². The van der Waals surface area contributed by atoms with Crippen molar-refractivity contribution in [2.45, 2.75) is 38.6 Å². The zero-order chi connectivity index (χ0) is 8.48. The summed E-state index contributed by atoms with van der Waals surface area (Å²) in [5, 5.41) is 8.82. The van der Waals surface area contributed by atoms with Gasteiger partial charge in [0.25, 0.3) is 0 Å². The fourth-order valence-corrected chi connectivity index (χ4v) is 1.85. The molecule has 0 spiro atoms. The highest BCUT2D eigenvalue weighted by molar-refractivity contribution is 4.92. The Labute approximate surface area is 68.8 Å². The van der Waals surface area contributed by atoms with Gasteiger partial charge in [-0.25, -0.2) is 0 Å². The van der Waals surface area contributed by atoms with Crippen LogP contribution in [0.25, 0.3) is 0 Å². The van der Waals surface area contributed by atoms with Crippen molar-refractivity contribution in [3.63, 3.8) is 0 Å². The van der Waals surface area contributed by atoms with E-state index in [1.54, 1.807) is 0 Å². The van der Waals surface area contributed by atoms with Crippen LogP contribution in [0.15, 0.2) is 0 Å². The van der Waals surface area contributed by atoms with Gasteiger partial charge in [0.1, 0.15) is 0 Å². The zero-order valence-electron chi connectivity index (χ0n) is 7.51. The van der Waals surface area contributed by atoms with Gasteiger partial charge >= 0.3 is 0 Å². The lowest BCUT2D eigenvalue weighted by atomic mass is 9.82. The summed E-state index contributed by atoms with van der Waals surface area (Å²) in [7, 11) is 0. The van der Waals surface area contributed by atoms with E-state index in [2.05, 4.69) is 13.8 Å². The van der Waals surface area contributed by atoms with Crippen molar-refractivity contribution in [2.24, 2.45) is 17.6 Å². The van der Waals surface area contributed by atoms with E-state index in [1.807, 2.05) is 0 Å². The molecule has 2 nitrogen and oxygen atoms in total. The lowest BCUT2D eigenvalue weighted by Crippen LogP contribution is -2.42. The van der Waals surface area contributed by atoms with E-state index in [9.17, 15) is 0 Å². The van der Waals surface area contributed by atoms with E-state index in [-0.39, 0.29) is 12.1 Å². The summed E-state index contributed by atoms with van der Waals surface area (Å²) >= 11 is 0. The standard InChI is InChI=1S/C9H19NO/c1-9(2,10)8(5-6-11)7-3-4-7/h7-8,11H,3-6,10H2,1-2H3. The van der Waals surface area contributed by atoms with E-state index in [1.165, 1.54) is 12.8 Å². The molecular weight excluding hydrogens is 138 g/mol. The van der Waals surface area contributed by atoms with Gasteiger partial charge in [0.2, 0.25) is 0 Å². The number of hydrogen-bond donors (Lipinski definition) is 2. The highest BCUT2D eigenvalue weighted by atomic mass is 16.3. The summed E-state index contributed by atoms with van der Waals surface area (Å²) in [4.78, 5) is 0. The van der Waals surface area contributed by atoms with Crippen LogP contribution in [0.2, 0.25) is 0 Å². The summed E-state index contributed by atoms with van der Waals surface area (Å²) in [5.74, 6) is 1.31. The second-order valence-corrected chi connectivity index (χ2v) is 4.28. The van der Waals surface area contributed by atoms with Crippen LogP contribution in [0.4, 0.5) is 0 Å². The number of rotatable bonds is 4. The largest absolute Gasteiger partial charge is 0.396 e. The molecule has 2 heteroatoms. The first-order chi connectivity index (χ1) is 5.05. The first-order valence-electron chi connectivity index (χ1n) is 4.45. The van der Waals surface area contributed by atoms with Gasteiger partial charge in [0, 0.05) is 12.1 Å². The molecule has 0 saturated heterocycles. The molecule has 1 fully saturated rings. The average molecular weight is 157 g/mol. The molecule has 0 amide bonds. The molecule has 1 atom stereocenters. The molecule has 11 heavy (non-hydrogen) atoms. The Morgan fingerprint density at radius 3 is 2.36 bits per heavy atom. The molecule has 0 radical (unpaired) electrons. The molecule has 66 valence electrons. The first-order valence-corrected chi connectivity index (χ1v) is 4.45. The van der Waals surface area contributed by atoms with Crippen LogP contribution in [0.3, 0.4) is 0 Å². The van der Waals surface area contributed by atoms with Crippen molar-refractivity contribution < 1.29 is 5.11 Å². The minimum Gasteiger partial charge on any atom is -0.396 e. The molecule has 0 bridgehead atoms. The molecule has 0 heterocycles. The topological polar surface area (TPSA) is 46.2 Å². The summed E-state index contributed by atoms with van der Waals surface area (Å²) in [5.41, 5.74) is 5.89. The zero-order valence-corrected chi connectivity index (χ0v) is 7.51. The highest BCUT2D eigenvalue weighted by Crippen LogP contribution is 2.42. The van der Waals surface area contributed by atoms with Gasteiger partial charge in [-0.05, 0) is 44.9 Å². The van der Waals surface area contributed by atoms with E-state index < -0.39 is 0 Å². The van der Waals surface area contributed by atoms with Gasteiger partial charge in [0.05, 0.1) is 0 Å². The molecule has 0 aromatic rings. The lowest BCUT2D eigenvalue weighted by Gasteiger charge is -2.30. The SMILES string of the molecule is CC(C)(N)C(CCO)C1CC1. The van der Waals surface area contributed by atoms with Gasteiger partial charge in [-0.1, -0.05) is 0 Å². The molecule has 0 aromatic heterocycles. The van der Waals surface area contributed by atoms with Crippen LogP contribution in [-0.4, -0.2) is 17.3 Å². The number of hydrogen-bond acceptors (Lipinski definition) is 2. The Bertz CT molecular complexity index is 124. The van der Waals surface area contributed by atoms with Crippen LogP contribution in [0.5, 0.6) is 0 Å². The number of aliphatic hydroxyl groups is 1. The van der Waals surface area contributed by atoms with Crippen molar-refractivity contribution >= 4 is 0 Å². The molecule has 1 saturated carbocycles. The van der Waals surface area contributed by atoms with Crippen molar-refractivity contribution in [1.29, 1.82) is 0 Å². The summed E-state index contributed by atoms with van der Waals surface area (Å²) in [6.07, 6.45) is 3.49. The van der Waals surface area contributed by atoms with Crippen LogP contribution in [0.1, 0.15) is 33.1 Å². The van der Waals surface area contributed by atoms with E-state index in [4.69, 9.17) is 10.8 Å². The summed E-state index contributed by atoms with van der Waals surface area (Å²) in [6.45, 7) is 4.40. The van der Waals surface area contributed by atoms with E-state index in [0.717, 1.165) is 12.3 Å². The van der Waals surface area contributed by atoms with E-state index >= 15 is 0 Å². The highest BCUT2D eigenvalue weighted by Gasteiger charge is 2.38. The quantitative estimate of drug-likeness (QED) is 0.642. The fourth-order valence-electron chi connectivity index (χ4n) is 1.85. The van der Waals surface area contributed by atoms with Crippen LogP contribution >= 0.6 is 0 Å². The third kappa shape index (κ3) is 2.46. The minimum absolute atomic E-state index is 0.107. The van der Waals surface area contributed by atoms with Gasteiger partial charge in [-0.3, -0.25) is 0 Å². The molecule has 1 aliphatic rings. The predicted molar refractivity (Wildman–Crippen MR) is 46.2 cm³/mol. The van der Waals surface area contributed by atoms with Crippen LogP contribution < -0.4 is 5.73 Å². The monoisotopic (exact) mass is 157 g/mol. The molecule has 1 aliphatic carbocycles. The molecule has 1 unspecified atom stereocenters. The van der Waals surface area contributed by atoms with E-state index in [0.29, 0.717) is 5.92 Å². The third-order valence-electron chi connectivity index (χ3n) is 2.59. The maximum atomic E-state index is 8.82. The van der Waals surface area contributed by atoms with Gasteiger partial charge in [-0.15, -0.1) is 0 Å². The molecule has 3 N–H and O–H groups in total. The fraction of sp³-hybridized carbons (Fsp3) is 1.00. The van der Waals surface area contributed by atoms with Crippen molar-refractivity contribution in [2.75, 3.05) is 6.61 Å². The van der Waals surface area contributed by atoms with Crippen LogP contribution in [-0.2, 0) is 0 Å². The summed E-state index contributed by atoms with van der Waals surface area (Å²) in [6, 6.07) is 0. The Balaban J connectivity index is 2.44. The van der Waals surface area contributed by atoms with Gasteiger partial charge in [0.15, 0.2) is 0 Å². The molecule has 0 aliphatic heterocycles. The van der Waals surface area contributed by atoms with Crippen LogP contribution in [0, 0.1) is 11.8 Å². The molecule has 1 rings (SSSR count).